The van der Waals surface area contributed by atoms with Gasteiger partial charge in [0.2, 0.25) is 0 Å². The molecule has 0 saturated carbocycles. The third-order valence-electron chi connectivity index (χ3n) is 3.42. The van der Waals surface area contributed by atoms with Gasteiger partial charge in [-0.1, -0.05) is 6.07 Å². The number of carbonyl (C=O) groups excluding carboxylic acids is 1. The average molecular weight is 286 g/mol. The fourth-order valence-corrected chi connectivity index (χ4v) is 2.37. The maximum absolute atomic E-state index is 12.0. The zero-order valence-electron chi connectivity index (χ0n) is 13.2. The molecule has 21 heavy (non-hydrogen) atoms. The highest BCUT2D eigenvalue weighted by atomic mass is 16.2. The van der Waals surface area contributed by atoms with Gasteiger partial charge < -0.3 is 10.2 Å². The minimum Gasteiger partial charge on any atom is -0.378 e. The Hall–Kier alpha value is -2.30. The Bertz CT molecular complexity index is 645. The molecule has 0 spiro atoms. The number of nitrogens with zero attached hydrogens (tertiary/aromatic N) is 3. The molecule has 1 N–H and O–H groups in total. The summed E-state index contributed by atoms with van der Waals surface area (Å²) >= 11 is 0. The van der Waals surface area contributed by atoms with E-state index in [-0.39, 0.29) is 11.9 Å². The fraction of sp³-hybridized carbons (Fsp3) is 0.375. The van der Waals surface area contributed by atoms with Crippen LogP contribution in [0.1, 0.15) is 34.6 Å². The van der Waals surface area contributed by atoms with Crippen molar-refractivity contribution in [3.8, 4) is 0 Å². The van der Waals surface area contributed by atoms with E-state index in [0.717, 1.165) is 16.9 Å². The van der Waals surface area contributed by atoms with Gasteiger partial charge in [-0.3, -0.25) is 9.48 Å². The minimum atomic E-state index is 0.00358. The second kappa shape index (κ2) is 5.99. The van der Waals surface area contributed by atoms with Gasteiger partial charge in [-0.2, -0.15) is 5.10 Å². The first-order valence-corrected chi connectivity index (χ1v) is 6.97. The van der Waals surface area contributed by atoms with Crippen LogP contribution in [0, 0.1) is 6.92 Å². The summed E-state index contributed by atoms with van der Waals surface area (Å²) in [5.74, 6) is 0.00358. The summed E-state index contributed by atoms with van der Waals surface area (Å²) < 4.78 is 1.81. The maximum atomic E-state index is 12.0. The molecule has 0 aliphatic rings. The van der Waals surface area contributed by atoms with Crippen LogP contribution in [0.5, 0.6) is 0 Å². The molecule has 2 aromatic rings. The SMILES string of the molecule is Cc1nn(C)cc1C(C)Nc1cccc(C(=O)N(C)C)c1. The van der Waals surface area contributed by atoms with Crippen LogP contribution in [0.4, 0.5) is 5.69 Å². The van der Waals surface area contributed by atoms with Gasteiger partial charge in [-0.15, -0.1) is 0 Å². The quantitative estimate of drug-likeness (QED) is 0.940. The van der Waals surface area contributed by atoms with Crippen molar-refractivity contribution in [2.45, 2.75) is 19.9 Å². The molecule has 5 heteroatoms. The third kappa shape index (κ3) is 3.42. The molecule has 1 aromatic carbocycles. The number of aryl methyl sites for hydroxylation is 2. The first kappa shape index (κ1) is 15.1. The molecule has 5 nitrogen and oxygen atoms in total. The van der Waals surface area contributed by atoms with Gasteiger partial charge in [0, 0.05) is 44.2 Å². The monoisotopic (exact) mass is 286 g/mol. The predicted octanol–water partition coefficient (Wildman–Crippen LogP) is 2.60. The third-order valence-corrected chi connectivity index (χ3v) is 3.42. The molecule has 2 rings (SSSR count). The Labute approximate surface area is 125 Å². The Kier molecular flexibility index (Phi) is 4.31. The molecular weight excluding hydrogens is 264 g/mol. The highest BCUT2D eigenvalue weighted by molar-refractivity contribution is 5.94. The van der Waals surface area contributed by atoms with Crippen molar-refractivity contribution in [3.05, 3.63) is 47.3 Å². The molecule has 1 heterocycles. The molecule has 1 unspecified atom stereocenters. The summed E-state index contributed by atoms with van der Waals surface area (Å²) in [5.41, 5.74) is 3.78. The molecule has 0 aliphatic heterocycles. The van der Waals surface area contributed by atoms with Gasteiger partial charge in [-0.25, -0.2) is 0 Å². The van der Waals surface area contributed by atoms with Crippen molar-refractivity contribution in [1.82, 2.24) is 14.7 Å². The summed E-state index contributed by atoms with van der Waals surface area (Å²) in [4.78, 5) is 13.6. The number of hydrogen-bond acceptors (Lipinski definition) is 3. The number of hydrogen-bond donors (Lipinski definition) is 1. The Balaban J connectivity index is 2.18. The highest BCUT2D eigenvalue weighted by Gasteiger charge is 2.13. The summed E-state index contributed by atoms with van der Waals surface area (Å²) in [7, 11) is 5.42. The van der Waals surface area contributed by atoms with Gasteiger partial charge >= 0.3 is 0 Å². The first-order chi connectivity index (χ1) is 9.88. The van der Waals surface area contributed by atoms with E-state index in [0.29, 0.717) is 5.56 Å². The van der Waals surface area contributed by atoms with Gasteiger partial charge in [0.05, 0.1) is 11.7 Å². The van der Waals surface area contributed by atoms with Crippen LogP contribution < -0.4 is 5.32 Å². The number of rotatable bonds is 4. The zero-order valence-corrected chi connectivity index (χ0v) is 13.2. The molecule has 112 valence electrons. The standard InChI is InChI=1S/C16H22N4O/c1-11(15-10-20(5)18-12(15)2)17-14-8-6-7-13(9-14)16(21)19(3)4/h6-11,17H,1-5H3. The molecule has 0 fully saturated rings. The fourth-order valence-electron chi connectivity index (χ4n) is 2.37. The largest absolute Gasteiger partial charge is 0.378 e. The van der Waals surface area contributed by atoms with Gasteiger partial charge in [-0.05, 0) is 32.0 Å². The summed E-state index contributed by atoms with van der Waals surface area (Å²) in [6, 6.07) is 7.69. The molecule has 0 bridgehead atoms. The lowest BCUT2D eigenvalue weighted by atomic mass is 10.1. The maximum Gasteiger partial charge on any atom is 0.253 e. The number of aromatic nitrogens is 2. The lowest BCUT2D eigenvalue weighted by molar-refractivity contribution is 0.0827. The number of benzene rings is 1. The summed E-state index contributed by atoms with van der Waals surface area (Å²) in [6.07, 6.45) is 2.02. The second-order valence-corrected chi connectivity index (χ2v) is 5.49. The van der Waals surface area contributed by atoms with E-state index in [1.165, 1.54) is 0 Å². The van der Waals surface area contributed by atoms with E-state index in [1.807, 2.05) is 49.1 Å². The van der Waals surface area contributed by atoms with Crippen molar-refractivity contribution in [2.24, 2.45) is 7.05 Å². The van der Waals surface area contributed by atoms with Crippen molar-refractivity contribution < 1.29 is 4.79 Å². The van der Waals surface area contributed by atoms with Crippen LogP contribution >= 0.6 is 0 Å². The van der Waals surface area contributed by atoms with E-state index in [9.17, 15) is 4.79 Å². The first-order valence-electron chi connectivity index (χ1n) is 6.97. The zero-order chi connectivity index (χ0) is 15.6. The van der Waals surface area contributed by atoms with E-state index in [2.05, 4.69) is 17.3 Å². The van der Waals surface area contributed by atoms with Gasteiger partial charge in [0.1, 0.15) is 0 Å². The normalized spacial score (nSPS) is 12.0. The molecule has 0 aliphatic carbocycles. The van der Waals surface area contributed by atoms with Crippen molar-refractivity contribution in [3.63, 3.8) is 0 Å². The number of amides is 1. The van der Waals surface area contributed by atoms with Gasteiger partial charge in [0.25, 0.3) is 5.91 Å². The van der Waals surface area contributed by atoms with Crippen LogP contribution in [-0.4, -0.2) is 34.7 Å². The summed E-state index contributed by atoms with van der Waals surface area (Å²) in [5, 5.41) is 7.78. The molecule has 1 aromatic heterocycles. The van der Waals surface area contributed by atoms with Crippen LogP contribution in [0.25, 0.3) is 0 Å². The number of carbonyl (C=O) groups is 1. The Morgan fingerprint density at radius 2 is 2.10 bits per heavy atom. The molecule has 1 atom stereocenters. The lowest BCUT2D eigenvalue weighted by Gasteiger charge is -2.16. The number of anilines is 1. The summed E-state index contributed by atoms with van der Waals surface area (Å²) in [6.45, 7) is 4.09. The molecule has 1 amide bonds. The van der Waals surface area contributed by atoms with Crippen LogP contribution in [0.3, 0.4) is 0 Å². The minimum absolute atomic E-state index is 0.00358. The topological polar surface area (TPSA) is 50.2 Å². The van der Waals surface area contributed by atoms with Crippen molar-refractivity contribution in [2.75, 3.05) is 19.4 Å². The highest BCUT2D eigenvalue weighted by Crippen LogP contribution is 2.22. The molecule has 0 saturated heterocycles. The van der Waals surface area contributed by atoms with Gasteiger partial charge in [0.15, 0.2) is 0 Å². The number of nitrogens with one attached hydrogen (secondary N) is 1. The molecular formula is C16H22N4O. The van der Waals surface area contributed by atoms with Crippen LogP contribution in [0.2, 0.25) is 0 Å². The smallest absolute Gasteiger partial charge is 0.253 e. The van der Waals surface area contributed by atoms with Crippen molar-refractivity contribution in [1.29, 1.82) is 0 Å². The Morgan fingerprint density at radius 3 is 2.67 bits per heavy atom. The average Bonchev–Trinajstić information content (AvgIpc) is 2.77. The van der Waals surface area contributed by atoms with Crippen LogP contribution in [-0.2, 0) is 7.05 Å². The van der Waals surface area contributed by atoms with E-state index >= 15 is 0 Å². The predicted molar refractivity (Wildman–Crippen MR) is 84.4 cm³/mol. The van der Waals surface area contributed by atoms with Crippen LogP contribution in [0.15, 0.2) is 30.5 Å². The Morgan fingerprint density at radius 1 is 1.38 bits per heavy atom. The second-order valence-electron chi connectivity index (χ2n) is 5.49. The lowest BCUT2D eigenvalue weighted by Crippen LogP contribution is -2.21. The molecule has 0 radical (unpaired) electrons. The van der Waals surface area contributed by atoms with E-state index in [4.69, 9.17) is 0 Å². The van der Waals surface area contributed by atoms with Crippen molar-refractivity contribution >= 4 is 11.6 Å². The van der Waals surface area contributed by atoms with E-state index in [1.54, 1.807) is 19.0 Å². The van der Waals surface area contributed by atoms with E-state index < -0.39 is 0 Å².